The van der Waals surface area contributed by atoms with Gasteiger partial charge in [-0.15, -0.1) is 0 Å². The molecule has 2 rings (SSSR count). The molecular formula is C19H23NO3. The van der Waals surface area contributed by atoms with Crippen molar-refractivity contribution >= 4 is 11.6 Å². The Bertz CT molecular complexity index is 655. The molecule has 0 radical (unpaired) electrons. The second-order valence-electron chi connectivity index (χ2n) is 5.54. The number of para-hydroxylation sites is 1. The molecular weight excluding hydrogens is 290 g/mol. The first-order valence-corrected chi connectivity index (χ1v) is 7.58. The van der Waals surface area contributed by atoms with Gasteiger partial charge in [0.1, 0.15) is 12.4 Å². The van der Waals surface area contributed by atoms with E-state index in [1.54, 1.807) is 11.9 Å². The first-order chi connectivity index (χ1) is 11.0. The third kappa shape index (κ3) is 4.33. The molecule has 0 saturated carbocycles. The van der Waals surface area contributed by atoms with Crippen molar-refractivity contribution in [3.63, 3.8) is 0 Å². The number of carbonyl (C=O) groups excluding carboxylic acids is 1. The Morgan fingerprint density at radius 3 is 2.48 bits per heavy atom. The van der Waals surface area contributed by atoms with Gasteiger partial charge in [-0.25, -0.2) is 0 Å². The summed E-state index contributed by atoms with van der Waals surface area (Å²) in [6.07, 6.45) is -0.653. The second kappa shape index (κ2) is 7.79. The lowest BCUT2D eigenvalue weighted by molar-refractivity contribution is -0.129. The van der Waals surface area contributed by atoms with Crippen molar-refractivity contribution in [1.29, 1.82) is 0 Å². The number of methoxy groups -OCH3 is 1. The Kier molecular flexibility index (Phi) is 5.77. The van der Waals surface area contributed by atoms with E-state index in [4.69, 9.17) is 9.47 Å². The molecule has 0 aromatic heterocycles. The molecule has 0 N–H and O–H groups in total. The zero-order valence-electron chi connectivity index (χ0n) is 14.1. The van der Waals surface area contributed by atoms with Crippen LogP contribution in [0, 0.1) is 13.8 Å². The predicted octanol–water partition coefficient (Wildman–Crippen LogP) is 3.36. The number of benzene rings is 2. The highest BCUT2D eigenvalue weighted by Gasteiger charge is 2.23. The zero-order chi connectivity index (χ0) is 16.8. The number of carbonyl (C=O) groups is 1. The molecule has 0 aliphatic rings. The molecule has 0 heterocycles. The molecule has 0 bridgehead atoms. The van der Waals surface area contributed by atoms with Crippen LogP contribution < -0.4 is 9.64 Å². The molecule has 0 spiro atoms. The first-order valence-electron chi connectivity index (χ1n) is 7.58. The maximum Gasteiger partial charge on any atom is 0.259 e. The molecule has 122 valence electrons. The summed E-state index contributed by atoms with van der Waals surface area (Å²) in [5, 5.41) is 0. The van der Waals surface area contributed by atoms with Crippen LogP contribution in [0.15, 0.2) is 48.5 Å². The molecule has 4 heteroatoms. The van der Waals surface area contributed by atoms with E-state index in [-0.39, 0.29) is 12.5 Å². The molecule has 0 saturated heterocycles. The van der Waals surface area contributed by atoms with Gasteiger partial charge in [0, 0.05) is 19.8 Å². The third-order valence-corrected chi connectivity index (χ3v) is 3.77. The Balaban J connectivity index is 2.04. The Labute approximate surface area is 137 Å². The van der Waals surface area contributed by atoms with Crippen LogP contribution in [0.4, 0.5) is 5.69 Å². The Hall–Kier alpha value is -2.33. The van der Waals surface area contributed by atoms with Gasteiger partial charge in [-0.2, -0.15) is 0 Å². The average Bonchev–Trinajstić information content (AvgIpc) is 2.58. The van der Waals surface area contributed by atoms with Crippen molar-refractivity contribution in [1.82, 2.24) is 0 Å². The molecule has 2 aromatic carbocycles. The van der Waals surface area contributed by atoms with E-state index in [1.807, 2.05) is 62.4 Å². The summed E-state index contributed by atoms with van der Waals surface area (Å²) in [5.74, 6) is 0.645. The van der Waals surface area contributed by atoms with Crippen LogP contribution in [0.2, 0.25) is 0 Å². The van der Waals surface area contributed by atoms with Gasteiger partial charge in [0.05, 0.1) is 0 Å². The number of anilines is 1. The number of ether oxygens (including phenoxy) is 2. The van der Waals surface area contributed by atoms with E-state index in [2.05, 4.69) is 0 Å². The molecule has 0 fully saturated rings. The Morgan fingerprint density at radius 2 is 1.83 bits per heavy atom. The van der Waals surface area contributed by atoms with Gasteiger partial charge in [0.25, 0.3) is 5.91 Å². The van der Waals surface area contributed by atoms with Crippen molar-refractivity contribution < 1.29 is 14.3 Å². The number of likely N-dealkylation sites (N-methyl/N-ethyl adjacent to an activating group) is 1. The minimum Gasteiger partial charge on any atom is -0.490 e. The summed E-state index contributed by atoms with van der Waals surface area (Å²) in [6, 6.07) is 15.5. The third-order valence-electron chi connectivity index (χ3n) is 3.77. The molecule has 2 aromatic rings. The van der Waals surface area contributed by atoms with Crippen LogP contribution in [0.25, 0.3) is 0 Å². The second-order valence-corrected chi connectivity index (χ2v) is 5.54. The fourth-order valence-electron chi connectivity index (χ4n) is 2.26. The standard InChI is InChI=1S/C19H23NO3/c1-14-10-11-15(2)17(12-14)23-13-18(22-4)19(21)20(3)16-8-6-5-7-9-16/h5-12,18H,13H2,1-4H3. The van der Waals surface area contributed by atoms with E-state index in [0.29, 0.717) is 0 Å². The summed E-state index contributed by atoms with van der Waals surface area (Å²) >= 11 is 0. The molecule has 4 nitrogen and oxygen atoms in total. The van der Waals surface area contributed by atoms with Crippen molar-refractivity contribution in [2.75, 3.05) is 25.7 Å². The molecule has 1 amide bonds. The van der Waals surface area contributed by atoms with Crippen molar-refractivity contribution in [2.45, 2.75) is 20.0 Å². The van der Waals surface area contributed by atoms with Crippen LogP contribution >= 0.6 is 0 Å². The fourth-order valence-corrected chi connectivity index (χ4v) is 2.26. The first kappa shape index (κ1) is 17.0. The van der Waals surface area contributed by atoms with Gasteiger partial charge in [-0.05, 0) is 43.2 Å². The molecule has 0 aliphatic carbocycles. The van der Waals surface area contributed by atoms with Crippen molar-refractivity contribution in [2.24, 2.45) is 0 Å². The number of aryl methyl sites for hydroxylation is 2. The van der Waals surface area contributed by atoms with Crippen molar-refractivity contribution in [3.05, 3.63) is 59.7 Å². The van der Waals surface area contributed by atoms with E-state index >= 15 is 0 Å². The van der Waals surface area contributed by atoms with E-state index in [1.165, 1.54) is 7.11 Å². The van der Waals surface area contributed by atoms with Crippen LogP contribution in [0.3, 0.4) is 0 Å². The number of nitrogens with zero attached hydrogens (tertiary/aromatic N) is 1. The highest BCUT2D eigenvalue weighted by atomic mass is 16.5. The molecule has 23 heavy (non-hydrogen) atoms. The fraction of sp³-hybridized carbons (Fsp3) is 0.316. The van der Waals surface area contributed by atoms with E-state index in [9.17, 15) is 4.79 Å². The van der Waals surface area contributed by atoms with Gasteiger partial charge in [0.2, 0.25) is 0 Å². The largest absolute Gasteiger partial charge is 0.490 e. The minimum atomic E-state index is -0.653. The molecule has 0 aliphatic heterocycles. The summed E-state index contributed by atoms with van der Waals surface area (Å²) in [6.45, 7) is 4.17. The summed E-state index contributed by atoms with van der Waals surface area (Å²) in [4.78, 5) is 14.2. The van der Waals surface area contributed by atoms with Crippen molar-refractivity contribution in [3.8, 4) is 5.75 Å². The van der Waals surface area contributed by atoms with Gasteiger partial charge in [-0.3, -0.25) is 4.79 Å². The Morgan fingerprint density at radius 1 is 1.13 bits per heavy atom. The normalized spacial score (nSPS) is 11.8. The maximum absolute atomic E-state index is 12.6. The smallest absolute Gasteiger partial charge is 0.259 e. The number of hydrogen-bond acceptors (Lipinski definition) is 3. The topological polar surface area (TPSA) is 38.8 Å². The molecule has 1 atom stereocenters. The predicted molar refractivity (Wildman–Crippen MR) is 92.1 cm³/mol. The number of amides is 1. The monoisotopic (exact) mass is 313 g/mol. The van der Waals surface area contributed by atoms with Crippen LogP contribution in [0.5, 0.6) is 5.75 Å². The van der Waals surface area contributed by atoms with Crippen LogP contribution in [0.1, 0.15) is 11.1 Å². The quantitative estimate of drug-likeness (QED) is 0.821. The van der Waals surface area contributed by atoms with E-state index in [0.717, 1.165) is 22.6 Å². The van der Waals surface area contributed by atoms with Crippen LogP contribution in [-0.4, -0.2) is 32.8 Å². The summed E-state index contributed by atoms with van der Waals surface area (Å²) in [7, 11) is 3.26. The highest BCUT2D eigenvalue weighted by molar-refractivity contribution is 5.96. The number of hydrogen-bond donors (Lipinski definition) is 0. The van der Waals surface area contributed by atoms with Crippen LogP contribution in [-0.2, 0) is 9.53 Å². The SMILES string of the molecule is COC(COc1cc(C)ccc1C)C(=O)N(C)c1ccccc1. The number of rotatable bonds is 6. The van der Waals surface area contributed by atoms with Gasteiger partial charge in [0.15, 0.2) is 6.10 Å². The average molecular weight is 313 g/mol. The zero-order valence-corrected chi connectivity index (χ0v) is 14.1. The highest BCUT2D eigenvalue weighted by Crippen LogP contribution is 2.20. The summed E-state index contributed by atoms with van der Waals surface area (Å²) < 4.78 is 11.1. The van der Waals surface area contributed by atoms with E-state index < -0.39 is 6.10 Å². The van der Waals surface area contributed by atoms with Gasteiger partial charge >= 0.3 is 0 Å². The maximum atomic E-state index is 12.6. The lowest BCUT2D eigenvalue weighted by Crippen LogP contribution is -2.41. The summed E-state index contributed by atoms with van der Waals surface area (Å²) in [5.41, 5.74) is 2.98. The minimum absolute atomic E-state index is 0.135. The van der Waals surface area contributed by atoms with Gasteiger partial charge < -0.3 is 14.4 Å². The lowest BCUT2D eigenvalue weighted by Gasteiger charge is -2.23. The van der Waals surface area contributed by atoms with Gasteiger partial charge in [-0.1, -0.05) is 30.3 Å². The lowest BCUT2D eigenvalue weighted by atomic mass is 10.1. The molecule has 1 unspecified atom stereocenters.